The van der Waals surface area contributed by atoms with Crippen LogP contribution in [0.4, 0.5) is 9.59 Å². The number of fused-ring (bicyclic) bond motifs is 3. The number of nitrogens with one attached hydrogen (secondary N) is 3. The zero-order valence-electron chi connectivity index (χ0n) is 30.2. The van der Waals surface area contributed by atoms with Crippen molar-refractivity contribution in [3.05, 3.63) is 47.5 Å². The van der Waals surface area contributed by atoms with E-state index in [1.807, 2.05) is 19.1 Å². The molecule has 284 valence electrons. The summed E-state index contributed by atoms with van der Waals surface area (Å²) in [5, 5.41) is 5.03. The molecule has 3 N–H and O–H groups in total. The molecular weight excluding hydrogens is 689 g/mol. The average molecular weight is 741 g/mol. The van der Waals surface area contributed by atoms with Crippen LogP contribution in [-0.2, 0) is 48.7 Å². The van der Waals surface area contributed by atoms with E-state index in [1.54, 1.807) is 16.8 Å². The Kier molecular flexibility index (Phi) is 11.2. The van der Waals surface area contributed by atoms with Crippen molar-refractivity contribution in [3.63, 3.8) is 0 Å². The third-order valence-electron chi connectivity index (χ3n) is 11.2. The molecule has 3 fully saturated rings. The summed E-state index contributed by atoms with van der Waals surface area (Å²) in [5.41, 5.74) is 1.84. The predicted molar refractivity (Wildman–Crippen MR) is 192 cm³/mol. The van der Waals surface area contributed by atoms with E-state index in [0.717, 1.165) is 49.7 Å². The van der Waals surface area contributed by atoms with Crippen LogP contribution in [0.3, 0.4) is 0 Å². The van der Waals surface area contributed by atoms with Gasteiger partial charge in [-0.3, -0.25) is 24.0 Å². The summed E-state index contributed by atoms with van der Waals surface area (Å²) in [5.74, 6) is -2.53. The van der Waals surface area contributed by atoms with Gasteiger partial charge in [0.25, 0.3) is 5.91 Å². The third-order valence-corrected chi connectivity index (χ3v) is 13.0. The van der Waals surface area contributed by atoms with Crippen LogP contribution in [0, 0.1) is 5.92 Å². The molecular formula is C37H52N6O8S. The van der Waals surface area contributed by atoms with Crippen molar-refractivity contribution in [2.75, 3.05) is 20.1 Å². The van der Waals surface area contributed by atoms with E-state index in [-0.39, 0.29) is 19.4 Å². The molecule has 0 radical (unpaired) electrons. The Morgan fingerprint density at radius 1 is 1.10 bits per heavy atom. The molecule has 5 aliphatic rings. The first-order valence-corrected chi connectivity index (χ1v) is 20.3. The van der Waals surface area contributed by atoms with Crippen LogP contribution in [-0.4, -0.2) is 102 Å². The molecule has 0 unspecified atom stereocenters. The van der Waals surface area contributed by atoms with Gasteiger partial charge in [0.05, 0.1) is 11.8 Å². The summed E-state index contributed by atoms with van der Waals surface area (Å²) in [4.78, 5) is 73.5. The van der Waals surface area contributed by atoms with Crippen molar-refractivity contribution < 1.29 is 37.1 Å². The minimum Gasteiger partial charge on any atom is -0.444 e. The summed E-state index contributed by atoms with van der Waals surface area (Å²) >= 11 is 0. The molecule has 1 saturated heterocycles. The number of unbranched alkanes of at least 4 members (excludes halogenated alkanes) is 1. The predicted octanol–water partition coefficient (Wildman–Crippen LogP) is 3.09. The number of hydrogen-bond acceptors (Lipinski definition) is 8. The number of ether oxygens (including phenoxy) is 1. The lowest BCUT2D eigenvalue weighted by Gasteiger charge is -2.30. The first-order chi connectivity index (χ1) is 24.9. The lowest BCUT2D eigenvalue weighted by molar-refractivity contribution is -0.141. The van der Waals surface area contributed by atoms with Crippen molar-refractivity contribution in [2.45, 2.75) is 126 Å². The van der Waals surface area contributed by atoms with Crippen LogP contribution in [0.15, 0.2) is 30.9 Å². The number of nitrogens with zero attached hydrogens (tertiary/aromatic N) is 3. The Morgan fingerprint density at radius 2 is 1.85 bits per heavy atom. The fraction of sp³-hybridized carbons (Fsp3) is 0.649. The number of carbonyl (C=O) groups excluding carboxylic acids is 5. The van der Waals surface area contributed by atoms with Gasteiger partial charge < -0.3 is 25.2 Å². The summed E-state index contributed by atoms with van der Waals surface area (Å²) < 4.78 is 33.5. The smallest absolute Gasteiger partial charge is 0.410 e. The van der Waals surface area contributed by atoms with Gasteiger partial charge >= 0.3 is 12.1 Å². The normalized spacial score (nSPS) is 28.5. The molecule has 2 saturated carbocycles. The number of aryl methyl sites for hydroxylation is 1. The van der Waals surface area contributed by atoms with Crippen LogP contribution in [0.25, 0.3) is 0 Å². The second kappa shape index (κ2) is 15.5. The lowest BCUT2D eigenvalue weighted by atomic mass is 9.98. The average Bonchev–Trinajstić information content (AvgIpc) is 4.01. The molecule has 52 heavy (non-hydrogen) atoms. The highest BCUT2D eigenvalue weighted by Crippen LogP contribution is 2.45. The zero-order chi connectivity index (χ0) is 37.2. The monoisotopic (exact) mass is 740 g/mol. The summed E-state index contributed by atoms with van der Waals surface area (Å²) in [6, 6.07) is 3.63. The van der Waals surface area contributed by atoms with Gasteiger partial charge in [0.1, 0.15) is 23.7 Å². The maximum absolute atomic E-state index is 14.4. The maximum atomic E-state index is 14.4. The van der Waals surface area contributed by atoms with Gasteiger partial charge in [-0.15, -0.1) is 6.58 Å². The molecule has 15 heteroatoms. The standard InChI is InChI=1S/C37H52N6O8S/c1-4-6-15-30-33(45)43-22-27(19-31(43)32(44)39-37(20-26(37)5-2)34(46)40-52(49,50)28-16-17-28)51-36(48)42-21-25-14-11-13-24(29(25)23-42)12-9-7-8-10-18-41(3)35(47)38-30/h5,11,13-14,26-28,30-31H,2,4,6-10,12,15-23H2,1,3H3,(H,38,47)(H,39,44)(H,40,46)/t26-,27+,30-,31-,37+/m0/s1. The first-order valence-electron chi connectivity index (χ1n) is 18.7. The van der Waals surface area contributed by atoms with Crippen LogP contribution < -0.4 is 15.4 Å². The quantitative estimate of drug-likeness (QED) is 0.324. The number of amides is 6. The molecule has 0 aromatic heterocycles. The Balaban J connectivity index is 1.26. The highest BCUT2D eigenvalue weighted by Gasteiger charge is 2.62. The number of sulfonamides is 1. The van der Waals surface area contributed by atoms with Crippen LogP contribution in [0.2, 0.25) is 0 Å². The molecule has 14 nitrogen and oxygen atoms in total. The minimum atomic E-state index is -3.89. The van der Waals surface area contributed by atoms with Crippen LogP contribution in [0.1, 0.15) is 94.2 Å². The molecule has 1 aromatic rings. The number of carbonyl (C=O) groups is 5. The minimum absolute atomic E-state index is 0.0411. The highest BCUT2D eigenvalue weighted by atomic mass is 32.2. The topological polar surface area (TPSA) is 175 Å². The van der Waals surface area contributed by atoms with E-state index < -0.39 is 74.8 Å². The van der Waals surface area contributed by atoms with Crippen molar-refractivity contribution in [1.29, 1.82) is 0 Å². The fourth-order valence-corrected chi connectivity index (χ4v) is 9.07. The van der Waals surface area contributed by atoms with Gasteiger partial charge in [0, 0.05) is 39.0 Å². The Labute approximate surface area is 306 Å². The lowest BCUT2D eigenvalue weighted by Crippen LogP contribution is -2.58. The Bertz CT molecular complexity index is 1700. The van der Waals surface area contributed by atoms with E-state index in [4.69, 9.17) is 4.74 Å². The fourth-order valence-electron chi connectivity index (χ4n) is 7.71. The Morgan fingerprint density at radius 3 is 2.56 bits per heavy atom. The Hall–Kier alpha value is -4.14. The second-order valence-corrected chi connectivity index (χ2v) is 17.0. The van der Waals surface area contributed by atoms with Crippen LogP contribution in [0.5, 0.6) is 0 Å². The highest BCUT2D eigenvalue weighted by molar-refractivity contribution is 7.91. The molecule has 6 amide bonds. The first kappa shape index (κ1) is 37.6. The SMILES string of the molecule is C=C[C@H]1C[C@]1(NC(=O)[C@@H]1C[C@@H]2CN1C(=O)[C@H](CCCC)NC(=O)N(C)CCCCCCc1cccc3c1CN(C3)C(=O)O2)C(=O)NS(=O)(=O)C1CC1. The van der Waals surface area contributed by atoms with Crippen molar-refractivity contribution in [1.82, 2.24) is 30.1 Å². The van der Waals surface area contributed by atoms with Gasteiger partial charge in [-0.2, -0.15) is 0 Å². The molecule has 0 spiro atoms. The van der Waals surface area contributed by atoms with E-state index >= 15 is 0 Å². The summed E-state index contributed by atoms with van der Waals surface area (Å²) in [7, 11) is -2.19. The van der Waals surface area contributed by atoms with E-state index in [2.05, 4.69) is 28.0 Å². The molecule has 1 aromatic carbocycles. The van der Waals surface area contributed by atoms with Gasteiger partial charge in [-0.25, -0.2) is 18.0 Å². The van der Waals surface area contributed by atoms with E-state index in [0.29, 0.717) is 45.3 Å². The molecule has 3 aliphatic heterocycles. The summed E-state index contributed by atoms with van der Waals surface area (Å²) in [6.45, 7) is 6.97. The molecule has 6 rings (SSSR count). The van der Waals surface area contributed by atoms with Crippen molar-refractivity contribution in [2.24, 2.45) is 5.92 Å². The number of benzene rings is 1. The number of urea groups is 1. The third kappa shape index (κ3) is 8.08. The molecule has 2 aliphatic carbocycles. The van der Waals surface area contributed by atoms with Gasteiger partial charge in [0.15, 0.2) is 0 Å². The maximum Gasteiger partial charge on any atom is 0.410 e. The van der Waals surface area contributed by atoms with Gasteiger partial charge in [0.2, 0.25) is 21.8 Å². The molecule has 3 heterocycles. The largest absolute Gasteiger partial charge is 0.444 e. The van der Waals surface area contributed by atoms with E-state index in [1.165, 1.54) is 16.5 Å². The molecule has 5 atom stereocenters. The van der Waals surface area contributed by atoms with Crippen molar-refractivity contribution >= 4 is 39.9 Å². The summed E-state index contributed by atoms with van der Waals surface area (Å²) in [6.07, 6.45) is 7.48. The number of hydrogen-bond donors (Lipinski definition) is 3. The van der Waals surface area contributed by atoms with Crippen molar-refractivity contribution in [3.8, 4) is 0 Å². The van der Waals surface area contributed by atoms with Gasteiger partial charge in [-0.05, 0) is 61.6 Å². The van der Waals surface area contributed by atoms with Gasteiger partial charge in [-0.1, -0.05) is 56.9 Å². The zero-order valence-corrected chi connectivity index (χ0v) is 31.0. The van der Waals surface area contributed by atoms with E-state index in [9.17, 15) is 32.4 Å². The number of rotatable bonds is 9. The second-order valence-electron chi connectivity index (χ2n) is 15.1. The van der Waals surface area contributed by atoms with Crippen LogP contribution >= 0.6 is 0 Å². The molecule has 4 bridgehead atoms.